The number of hydrogen-bond donors (Lipinski definition) is 0. The average Bonchev–Trinajstić information content (AvgIpc) is 2.62. The smallest absolute Gasteiger partial charge is 0.190 e. The van der Waals surface area contributed by atoms with E-state index in [1.165, 1.54) is 6.07 Å². The van der Waals surface area contributed by atoms with Crippen molar-refractivity contribution in [3.8, 4) is 0 Å². The third-order valence-corrected chi connectivity index (χ3v) is 4.27. The fourth-order valence-corrected chi connectivity index (χ4v) is 2.99. The number of anilines is 1. The van der Waals surface area contributed by atoms with Crippen LogP contribution in [-0.2, 0) is 6.54 Å². The number of nitrogens with zero attached hydrogens (tertiary/aromatic N) is 3. The first-order valence-corrected chi connectivity index (χ1v) is 7.88. The Labute approximate surface area is 140 Å². The van der Waals surface area contributed by atoms with Gasteiger partial charge >= 0.3 is 0 Å². The highest BCUT2D eigenvalue weighted by Gasteiger charge is 2.19. The molecule has 5 heteroatoms. The number of halogens is 1. The maximum atomic E-state index is 14.1. The molecule has 0 saturated carbocycles. The minimum absolute atomic E-state index is 0.324. The predicted octanol–water partition coefficient (Wildman–Crippen LogP) is 3.51. The summed E-state index contributed by atoms with van der Waals surface area (Å²) in [6.45, 7) is 10.9. The van der Waals surface area contributed by atoms with Crippen LogP contribution in [0.4, 0.5) is 15.8 Å². The van der Waals surface area contributed by atoms with E-state index in [0.29, 0.717) is 16.9 Å². The maximum absolute atomic E-state index is 14.1. The Morgan fingerprint density at radius 1 is 1.12 bits per heavy atom. The van der Waals surface area contributed by atoms with Crippen molar-refractivity contribution in [3.63, 3.8) is 0 Å². The van der Waals surface area contributed by atoms with E-state index >= 15 is 0 Å². The molecular weight excluding hydrogens is 305 g/mol. The summed E-state index contributed by atoms with van der Waals surface area (Å²) in [4.78, 5) is 18.4. The standard InChI is InChI=1S/C19H18FN3O/c1-21-17-5-6-19(18(20)12-17)23-9-7-22(8-10-23)13-15-3-2-4-16(11-15)14-24/h2-6,11-12,14H,7-10,13H2. The van der Waals surface area contributed by atoms with E-state index in [2.05, 4.69) is 9.74 Å². The monoisotopic (exact) mass is 323 g/mol. The minimum atomic E-state index is -0.337. The normalized spacial score (nSPS) is 15.1. The predicted molar refractivity (Wildman–Crippen MR) is 92.0 cm³/mol. The first-order valence-electron chi connectivity index (χ1n) is 7.88. The van der Waals surface area contributed by atoms with Crippen LogP contribution in [0.3, 0.4) is 0 Å². The van der Waals surface area contributed by atoms with Gasteiger partial charge < -0.3 is 4.90 Å². The van der Waals surface area contributed by atoms with Crippen LogP contribution in [0.1, 0.15) is 15.9 Å². The lowest BCUT2D eigenvalue weighted by Crippen LogP contribution is -2.46. The molecule has 0 atom stereocenters. The number of piperazine rings is 1. The molecule has 3 rings (SSSR count). The highest BCUT2D eigenvalue weighted by atomic mass is 19.1. The molecule has 2 aromatic rings. The summed E-state index contributed by atoms with van der Waals surface area (Å²) in [5.41, 5.74) is 2.68. The van der Waals surface area contributed by atoms with Gasteiger partial charge in [-0.1, -0.05) is 24.3 Å². The first-order chi connectivity index (χ1) is 11.7. The molecule has 4 nitrogen and oxygen atoms in total. The van der Waals surface area contributed by atoms with Gasteiger partial charge in [0.15, 0.2) is 5.69 Å². The summed E-state index contributed by atoms with van der Waals surface area (Å²) in [5.74, 6) is -0.337. The summed E-state index contributed by atoms with van der Waals surface area (Å²) in [5, 5.41) is 0. The largest absolute Gasteiger partial charge is 0.367 e. The van der Waals surface area contributed by atoms with Gasteiger partial charge in [0.25, 0.3) is 0 Å². The van der Waals surface area contributed by atoms with Crippen molar-refractivity contribution in [1.82, 2.24) is 4.90 Å². The van der Waals surface area contributed by atoms with Gasteiger partial charge in [0, 0.05) is 38.3 Å². The molecule has 0 aliphatic carbocycles. The van der Waals surface area contributed by atoms with Crippen molar-refractivity contribution in [2.24, 2.45) is 0 Å². The molecule has 1 fully saturated rings. The maximum Gasteiger partial charge on any atom is 0.190 e. The fourth-order valence-electron chi connectivity index (χ4n) is 2.99. The summed E-state index contributed by atoms with van der Waals surface area (Å²) in [7, 11) is 0. The van der Waals surface area contributed by atoms with E-state index in [1.807, 2.05) is 23.1 Å². The summed E-state index contributed by atoms with van der Waals surface area (Å²) in [6.07, 6.45) is 0.858. The molecule has 24 heavy (non-hydrogen) atoms. The van der Waals surface area contributed by atoms with Gasteiger partial charge in [0.05, 0.1) is 12.3 Å². The number of benzene rings is 2. The van der Waals surface area contributed by atoms with E-state index in [1.54, 1.807) is 18.2 Å². The lowest BCUT2D eigenvalue weighted by Gasteiger charge is -2.36. The average molecular weight is 323 g/mol. The second-order valence-electron chi connectivity index (χ2n) is 5.87. The number of aldehydes is 1. The molecule has 1 heterocycles. The zero-order valence-electron chi connectivity index (χ0n) is 13.3. The van der Waals surface area contributed by atoms with Gasteiger partial charge in [-0.2, -0.15) is 0 Å². The van der Waals surface area contributed by atoms with Crippen LogP contribution in [0.5, 0.6) is 0 Å². The van der Waals surface area contributed by atoms with Crippen molar-refractivity contribution in [1.29, 1.82) is 0 Å². The van der Waals surface area contributed by atoms with E-state index in [-0.39, 0.29) is 5.82 Å². The minimum Gasteiger partial charge on any atom is -0.367 e. The second kappa shape index (κ2) is 7.24. The highest BCUT2D eigenvalue weighted by Crippen LogP contribution is 2.25. The van der Waals surface area contributed by atoms with Gasteiger partial charge in [0.2, 0.25) is 0 Å². The van der Waals surface area contributed by atoms with E-state index < -0.39 is 0 Å². The molecule has 0 spiro atoms. The fraction of sp³-hybridized carbons (Fsp3) is 0.263. The molecule has 0 radical (unpaired) electrons. The third kappa shape index (κ3) is 3.61. The SMILES string of the molecule is [C-]#[N+]c1ccc(N2CCN(Cc3cccc(C=O)c3)CC2)c(F)c1. The lowest BCUT2D eigenvalue weighted by atomic mass is 10.1. The van der Waals surface area contributed by atoms with Gasteiger partial charge in [-0.15, -0.1) is 0 Å². The molecule has 0 unspecified atom stereocenters. The lowest BCUT2D eigenvalue weighted by molar-refractivity contribution is 0.112. The molecule has 0 N–H and O–H groups in total. The van der Waals surface area contributed by atoms with E-state index in [4.69, 9.17) is 6.57 Å². The van der Waals surface area contributed by atoms with Crippen LogP contribution in [-0.4, -0.2) is 37.4 Å². The molecule has 1 aliphatic heterocycles. The third-order valence-electron chi connectivity index (χ3n) is 4.27. The first kappa shape index (κ1) is 16.2. The Morgan fingerprint density at radius 2 is 1.92 bits per heavy atom. The van der Waals surface area contributed by atoms with Crippen molar-refractivity contribution < 1.29 is 9.18 Å². The molecule has 1 aliphatic rings. The van der Waals surface area contributed by atoms with E-state index in [0.717, 1.165) is 44.6 Å². The zero-order valence-corrected chi connectivity index (χ0v) is 13.3. The van der Waals surface area contributed by atoms with Crippen LogP contribution in [0.25, 0.3) is 4.85 Å². The second-order valence-corrected chi connectivity index (χ2v) is 5.87. The van der Waals surface area contributed by atoms with Crippen LogP contribution >= 0.6 is 0 Å². The number of carbonyl (C=O) groups is 1. The van der Waals surface area contributed by atoms with Gasteiger partial charge in [-0.25, -0.2) is 9.24 Å². The Hall–Kier alpha value is -2.71. The molecule has 1 saturated heterocycles. The van der Waals surface area contributed by atoms with Crippen LogP contribution in [0.2, 0.25) is 0 Å². The molecule has 122 valence electrons. The quantitative estimate of drug-likeness (QED) is 0.637. The van der Waals surface area contributed by atoms with Crippen molar-refractivity contribution in [2.45, 2.75) is 6.54 Å². The summed E-state index contributed by atoms with van der Waals surface area (Å²) >= 11 is 0. The molecule has 0 bridgehead atoms. The van der Waals surface area contributed by atoms with Crippen LogP contribution in [0, 0.1) is 12.4 Å². The molecule has 2 aromatic carbocycles. The Morgan fingerprint density at radius 3 is 2.58 bits per heavy atom. The number of hydrogen-bond acceptors (Lipinski definition) is 3. The molecule has 0 amide bonds. The van der Waals surface area contributed by atoms with Gasteiger partial charge in [0.1, 0.15) is 12.1 Å². The summed E-state index contributed by atoms with van der Waals surface area (Å²) in [6, 6.07) is 12.2. The Balaban J connectivity index is 1.61. The van der Waals surface area contributed by atoms with Crippen molar-refractivity contribution >= 4 is 17.7 Å². The molecular formula is C19H18FN3O. The molecule has 0 aromatic heterocycles. The number of carbonyl (C=O) groups excluding carboxylic acids is 1. The highest BCUT2D eigenvalue weighted by molar-refractivity contribution is 5.74. The zero-order chi connectivity index (χ0) is 16.9. The van der Waals surface area contributed by atoms with E-state index in [9.17, 15) is 9.18 Å². The van der Waals surface area contributed by atoms with Gasteiger partial charge in [-0.05, 0) is 23.8 Å². The van der Waals surface area contributed by atoms with Crippen LogP contribution in [0.15, 0.2) is 42.5 Å². The Bertz CT molecular complexity index is 776. The van der Waals surface area contributed by atoms with Crippen LogP contribution < -0.4 is 4.90 Å². The van der Waals surface area contributed by atoms with Crippen molar-refractivity contribution in [2.75, 3.05) is 31.1 Å². The van der Waals surface area contributed by atoms with Crippen molar-refractivity contribution in [3.05, 3.63) is 70.8 Å². The number of rotatable bonds is 4. The topological polar surface area (TPSA) is 27.9 Å². The van der Waals surface area contributed by atoms with Gasteiger partial charge in [-0.3, -0.25) is 9.69 Å². The summed E-state index contributed by atoms with van der Waals surface area (Å²) < 4.78 is 14.1. The Kier molecular flexibility index (Phi) is 4.88.